The Balaban J connectivity index is 1.78. The van der Waals surface area contributed by atoms with Crippen LogP contribution in [0.5, 0.6) is 0 Å². The number of rotatable bonds is 4. The molecule has 1 fully saturated rings. The second-order valence-corrected chi connectivity index (χ2v) is 4.14. The number of hydrogen-bond donors (Lipinski definition) is 1. The van der Waals surface area contributed by atoms with Gasteiger partial charge in [-0.05, 0) is 5.56 Å². The van der Waals surface area contributed by atoms with Crippen molar-refractivity contribution in [2.24, 2.45) is 0 Å². The van der Waals surface area contributed by atoms with Crippen molar-refractivity contribution in [1.82, 2.24) is 5.32 Å². The van der Waals surface area contributed by atoms with E-state index >= 15 is 0 Å². The van der Waals surface area contributed by atoms with Gasteiger partial charge in [0.25, 0.3) is 0 Å². The maximum atomic E-state index is 11.6. The zero-order valence-corrected chi connectivity index (χ0v) is 11.0. The zero-order valence-electron chi connectivity index (χ0n) is 11.0. The number of carbonyl (C=O) groups is 2. The first-order chi connectivity index (χ1) is 9.69. The van der Waals surface area contributed by atoms with E-state index in [4.69, 9.17) is 9.47 Å². The lowest BCUT2D eigenvalue weighted by atomic mass is 10.1. The lowest BCUT2D eigenvalue weighted by Gasteiger charge is -2.30. The van der Waals surface area contributed by atoms with Gasteiger partial charge in [0.2, 0.25) is 0 Å². The highest BCUT2D eigenvalue weighted by molar-refractivity contribution is 5.83. The number of esters is 1. The molecule has 0 spiro atoms. The van der Waals surface area contributed by atoms with Gasteiger partial charge < -0.3 is 14.2 Å². The molecule has 0 aliphatic carbocycles. The lowest BCUT2D eigenvalue weighted by Crippen LogP contribution is -2.46. The predicted octanol–water partition coefficient (Wildman–Crippen LogP) is 1.37. The third-order valence-corrected chi connectivity index (χ3v) is 2.72. The predicted molar refractivity (Wildman–Crippen MR) is 69.6 cm³/mol. The first kappa shape index (κ1) is 14.1. The van der Waals surface area contributed by atoms with Crippen LogP contribution in [-0.2, 0) is 25.6 Å². The number of amides is 1. The molecule has 0 saturated carbocycles. The number of carbonyl (C=O) groups excluding carboxylic acids is 2. The SMILES string of the molecule is COC(=O)C=C1COC1NC(=O)OCc1ccccc1. The van der Waals surface area contributed by atoms with Crippen molar-refractivity contribution in [2.75, 3.05) is 13.7 Å². The van der Waals surface area contributed by atoms with Gasteiger partial charge in [-0.2, -0.15) is 0 Å². The van der Waals surface area contributed by atoms with E-state index in [1.54, 1.807) is 0 Å². The van der Waals surface area contributed by atoms with Gasteiger partial charge in [-0.3, -0.25) is 5.32 Å². The van der Waals surface area contributed by atoms with Crippen molar-refractivity contribution in [3.8, 4) is 0 Å². The fraction of sp³-hybridized carbons (Fsp3) is 0.286. The standard InChI is InChI=1S/C14H15NO5/c1-18-12(16)7-11-9-19-13(11)15-14(17)20-8-10-5-3-2-4-6-10/h2-7,13H,8-9H2,1H3,(H,15,17). The molecular formula is C14H15NO5. The molecule has 1 amide bonds. The minimum absolute atomic E-state index is 0.176. The highest BCUT2D eigenvalue weighted by Crippen LogP contribution is 2.17. The summed E-state index contributed by atoms with van der Waals surface area (Å²) < 4.78 is 14.7. The monoisotopic (exact) mass is 277 g/mol. The normalized spacial score (nSPS) is 19.1. The summed E-state index contributed by atoms with van der Waals surface area (Å²) in [5.74, 6) is -0.479. The van der Waals surface area contributed by atoms with Gasteiger partial charge in [-0.25, -0.2) is 9.59 Å². The Morgan fingerprint density at radius 1 is 1.40 bits per heavy atom. The molecule has 1 unspecified atom stereocenters. The Morgan fingerprint density at radius 3 is 2.75 bits per heavy atom. The zero-order chi connectivity index (χ0) is 14.4. The summed E-state index contributed by atoms with van der Waals surface area (Å²) in [5, 5.41) is 2.51. The lowest BCUT2D eigenvalue weighted by molar-refractivity contribution is -0.135. The van der Waals surface area contributed by atoms with Gasteiger partial charge in [0.05, 0.1) is 13.7 Å². The molecule has 1 N–H and O–H groups in total. The molecule has 20 heavy (non-hydrogen) atoms. The fourth-order valence-corrected chi connectivity index (χ4v) is 1.60. The fourth-order valence-electron chi connectivity index (χ4n) is 1.60. The molecule has 0 aromatic heterocycles. The molecule has 6 nitrogen and oxygen atoms in total. The Morgan fingerprint density at radius 2 is 2.15 bits per heavy atom. The molecular weight excluding hydrogens is 262 g/mol. The second-order valence-electron chi connectivity index (χ2n) is 4.14. The van der Waals surface area contributed by atoms with E-state index in [9.17, 15) is 9.59 Å². The quantitative estimate of drug-likeness (QED) is 0.664. The van der Waals surface area contributed by atoms with Crippen LogP contribution >= 0.6 is 0 Å². The Labute approximate surface area is 116 Å². The van der Waals surface area contributed by atoms with E-state index in [0.29, 0.717) is 12.2 Å². The molecule has 1 saturated heterocycles. The van der Waals surface area contributed by atoms with Gasteiger partial charge in [-0.15, -0.1) is 0 Å². The van der Waals surface area contributed by atoms with Crippen LogP contribution in [0.4, 0.5) is 4.79 Å². The highest BCUT2D eigenvalue weighted by Gasteiger charge is 2.28. The first-order valence-corrected chi connectivity index (χ1v) is 6.06. The van der Waals surface area contributed by atoms with Crippen molar-refractivity contribution in [3.05, 3.63) is 47.5 Å². The summed E-state index contributed by atoms with van der Waals surface area (Å²) >= 11 is 0. The van der Waals surface area contributed by atoms with Gasteiger partial charge in [-0.1, -0.05) is 30.3 Å². The number of methoxy groups -OCH3 is 1. The first-order valence-electron chi connectivity index (χ1n) is 6.06. The summed E-state index contributed by atoms with van der Waals surface area (Å²) in [6.07, 6.45) is 0.0673. The minimum atomic E-state index is -0.627. The molecule has 106 valence electrons. The molecule has 1 aliphatic heterocycles. The Hall–Kier alpha value is -2.34. The maximum Gasteiger partial charge on any atom is 0.409 e. The minimum Gasteiger partial charge on any atom is -0.466 e. The summed E-state index contributed by atoms with van der Waals surface area (Å²) in [6, 6.07) is 9.33. The number of alkyl carbamates (subject to hydrolysis) is 1. The average Bonchev–Trinajstić information content (AvgIpc) is 2.48. The van der Waals surface area contributed by atoms with Crippen molar-refractivity contribution in [3.63, 3.8) is 0 Å². The van der Waals surface area contributed by atoms with Crippen LogP contribution < -0.4 is 5.32 Å². The Bertz CT molecular complexity index is 512. The molecule has 1 aliphatic rings. The molecule has 0 radical (unpaired) electrons. The summed E-state index contributed by atoms with van der Waals surface area (Å²) in [5.41, 5.74) is 1.54. The van der Waals surface area contributed by atoms with Crippen molar-refractivity contribution >= 4 is 12.1 Å². The number of hydrogen-bond acceptors (Lipinski definition) is 5. The molecule has 1 atom stereocenters. The second kappa shape index (κ2) is 6.72. The summed E-state index contributed by atoms with van der Waals surface area (Å²) in [6.45, 7) is 0.466. The van der Waals surface area contributed by atoms with Crippen LogP contribution in [0.15, 0.2) is 42.0 Å². The third kappa shape index (κ3) is 3.83. The van der Waals surface area contributed by atoms with E-state index < -0.39 is 18.3 Å². The molecule has 0 bridgehead atoms. The average molecular weight is 277 g/mol. The third-order valence-electron chi connectivity index (χ3n) is 2.72. The van der Waals surface area contributed by atoms with E-state index in [0.717, 1.165) is 5.56 Å². The molecule has 6 heteroatoms. The highest BCUT2D eigenvalue weighted by atomic mass is 16.6. The van der Waals surface area contributed by atoms with Crippen LogP contribution in [0.2, 0.25) is 0 Å². The van der Waals surface area contributed by atoms with Crippen LogP contribution in [0.25, 0.3) is 0 Å². The van der Waals surface area contributed by atoms with E-state index in [-0.39, 0.29) is 6.61 Å². The van der Waals surface area contributed by atoms with Crippen molar-refractivity contribution in [2.45, 2.75) is 12.8 Å². The van der Waals surface area contributed by atoms with Crippen molar-refractivity contribution in [1.29, 1.82) is 0 Å². The topological polar surface area (TPSA) is 73.9 Å². The van der Waals surface area contributed by atoms with E-state index in [2.05, 4.69) is 10.1 Å². The molecule has 1 aromatic carbocycles. The number of benzene rings is 1. The van der Waals surface area contributed by atoms with Crippen LogP contribution in [0.1, 0.15) is 5.56 Å². The Kier molecular flexibility index (Phi) is 4.73. The summed E-state index contributed by atoms with van der Waals surface area (Å²) in [4.78, 5) is 22.6. The van der Waals surface area contributed by atoms with Gasteiger partial charge in [0.1, 0.15) is 6.61 Å². The number of ether oxygens (including phenoxy) is 3. The maximum absolute atomic E-state index is 11.6. The van der Waals surface area contributed by atoms with Crippen LogP contribution in [0, 0.1) is 0 Å². The summed E-state index contributed by atoms with van der Waals surface area (Å²) in [7, 11) is 1.29. The smallest absolute Gasteiger partial charge is 0.409 e. The van der Waals surface area contributed by atoms with Gasteiger partial charge >= 0.3 is 12.1 Å². The molecule has 2 rings (SSSR count). The van der Waals surface area contributed by atoms with Gasteiger partial charge in [0, 0.05) is 11.6 Å². The van der Waals surface area contributed by atoms with E-state index in [1.165, 1.54) is 13.2 Å². The largest absolute Gasteiger partial charge is 0.466 e. The van der Waals surface area contributed by atoms with Crippen LogP contribution in [0.3, 0.4) is 0 Å². The van der Waals surface area contributed by atoms with Crippen molar-refractivity contribution < 1.29 is 23.8 Å². The molecule has 1 aromatic rings. The number of nitrogens with one attached hydrogen (secondary N) is 1. The molecule has 1 heterocycles. The van der Waals surface area contributed by atoms with E-state index in [1.807, 2.05) is 30.3 Å². The van der Waals surface area contributed by atoms with Gasteiger partial charge in [0.15, 0.2) is 6.23 Å². The van der Waals surface area contributed by atoms with Crippen LogP contribution in [-0.4, -0.2) is 32.0 Å².